The lowest BCUT2D eigenvalue weighted by Crippen LogP contribution is -2.28. The Bertz CT molecular complexity index is 1010. The van der Waals surface area contributed by atoms with Crippen molar-refractivity contribution in [3.8, 4) is 16.9 Å². The fourth-order valence-electron chi connectivity index (χ4n) is 3.56. The molecule has 29 heavy (non-hydrogen) atoms. The number of hydrogen-bond acceptors (Lipinski definition) is 5. The molecule has 0 aromatic heterocycles. The van der Waals surface area contributed by atoms with Gasteiger partial charge in [-0.05, 0) is 25.0 Å². The minimum absolute atomic E-state index is 0.0844. The molecule has 4 rings (SSSR count). The van der Waals surface area contributed by atoms with Gasteiger partial charge in [0, 0.05) is 39.2 Å². The topological polar surface area (TPSA) is 87.4 Å². The third-order valence-corrected chi connectivity index (χ3v) is 5.00. The molecular weight excluding hydrogens is 372 g/mol. The second-order valence-electron chi connectivity index (χ2n) is 7.07. The molecule has 1 amide bonds. The van der Waals surface area contributed by atoms with E-state index in [1.54, 1.807) is 19.5 Å². The Labute approximate surface area is 168 Å². The van der Waals surface area contributed by atoms with Gasteiger partial charge in [-0.25, -0.2) is 0 Å². The Kier molecular flexibility index (Phi) is 5.73. The van der Waals surface area contributed by atoms with Crippen molar-refractivity contribution in [2.75, 3.05) is 26.9 Å². The van der Waals surface area contributed by atoms with Gasteiger partial charge in [0.25, 0.3) is 11.5 Å². The van der Waals surface area contributed by atoms with Crippen LogP contribution in [0.15, 0.2) is 47.5 Å². The molecular formula is C21H24N4O4. The molecule has 1 atom stereocenters. The molecule has 3 aliphatic rings. The summed E-state index contributed by atoms with van der Waals surface area (Å²) in [6, 6.07) is 9.19. The third-order valence-electron chi connectivity index (χ3n) is 5.00. The molecule has 3 aliphatic heterocycles. The fraction of sp³-hybridized carbons (Fsp3) is 0.381. The third kappa shape index (κ3) is 4.08. The van der Waals surface area contributed by atoms with Gasteiger partial charge in [-0.1, -0.05) is 18.2 Å². The van der Waals surface area contributed by atoms with Gasteiger partial charge in [0.15, 0.2) is 0 Å². The number of pyridine rings is 1. The lowest BCUT2D eigenvalue weighted by Gasteiger charge is -2.16. The molecule has 0 radical (unpaired) electrons. The molecule has 1 fully saturated rings. The van der Waals surface area contributed by atoms with Gasteiger partial charge in [0.1, 0.15) is 5.69 Å². The van der Waals surface area contributed by atoms with E-state index in [0.717, 1.165) is 19.4 Å². The van der Waals surface area contributed by atoms with Crippen LogP contribution in [0.2, 0.25) is 0 Å². The number of rotatable bonds is 7. The molecule has 0 bridgehead atoms. The Hall–Kier alpha value is -2.97. The van der Waals surface area contributed by atoms with E-state index >= 15 is 0 Å². The number of carbonyl (C=O) groups excluding carboxylic acids is 1. The second-order valence-corrected chi connectivity index (χ2v) is 7.07. The molecule has 1 aromatic rings. The lowest BCUT2D eigenvalue weighted by molar-refractivity contribution is 0.0925. The largest absolute Gasteiger partial charge is 0.383 e. The highest BCUT2D eigenvalue weighted by Crippen LogP contribution is 2.23. The zero-order valence-corrected chi connectivity index (χ0v) is 16.3. The van der Waals surface area contributed by atoms with Crippen LogP contribution in [0.3, 0.4) is 0 Å². The van der Waals surface area contributed by atoms with Crippen LogP contribution in [-0.2, 0) is 16.0 Å². The summed E-state index contributed by atoms with van der Waals surface area (Å²) in [5.74, 6) is -0.286. The summed E-state index contributed by atoms with van der Waals surface area (Å²) < 4.78 is 13.9. The molecule has 0 aliphatic carbocycles. The minimum atomic E-state index is -0.286. The van der Waals surface area contributed by atoms with Gasteiger partial charge in [0.05, 0.1) is 29.5 Å². The van der Waals surface area contributed by atoms with Crippen LogP contribution in [0.4, 0.5) is 0 Å². The number of fused-ring (bicyclic) bond motifs is 1. The number of ether oxygens (including phenoxy) is 2. The fourth-order valence-corrected chi connectivity index (χ4v) is 3.56. The lowest BCUT2D eigenvalue weighted by atomic mass is 10.1. The van der Waals surface area contributed by atoms with E-state index in [0.29, 0.717) is 42.2 Å². The first-order valence-electron chi connectivity index (χ1n) is 9.74. The number of para-hydroxylation sites is 1. The van der Waals surface area contributed by atoms with Crippen molar-refractivity contribution in [3.63, 3.8) is 0 Å². The number of methoxy groups -OCH3 is 1. The maximum atomic E-state index is 13.1. The van der Waals surface area contributed by atoms with Crippen molar-refractivity contribution >= 4 is 5.91 Å². The zero-order chi connectivity index (χ0) is 20.2. The number of benzene rings is 1. The molecule has 8 heteroatoms. The van der Waals surface area contributed by atoms with Crippen molar-refractivity contribution in [1.29, 1.82) is 0 Å². The van der Waals surface area contributed by atoms with E-state index < -0.39 is 0 Å². The van der Waals surface area contributed by atoms with Crippen molar-refractivity contribution < 1.29 is 14.3 Å². The first kappa shape index (κ1) is 19.4. The highest BCUT2D eigenvalue weighted by molar-refractivity contribution is 5.99. The van der Waals surface area contributed by atoms with E-state index in [4.69, 9.17) is 9.47 Å². The molecule has 1 aromatic carbocycles. The average Bonchev–Trinajstić information content (AvgIpc) is 3.36. The summed E-state index contributed by atoms with van der Waals surface area (Å²) in [4.78, 5) is 25.9. The van der Waals surface area contributed by atoms with E-state index in [9.17, 15) is 9.59 Å². The first-order chi connectivity index (χ1) is 14.2. The summed E-state index contributed by atoms with van der Waals surface area (Å²) in [7, 11) is 1.58. The van der Waals surface area contributed by atoms with E-state index in [1.807, 2.05) is 34.9 Å². The molecule has 0 saturated carbocycles. The van der Waals surface area contributed by atoms with Gasteiger partial charge >= 0.3 is 0 Å². The van der Waals surface area contributed by atoms with Crippen molar-refractivity contribution in [2.45, 2.75) is 25.5 Å². The van der Waals surface area contributed by atoms with E-state index in [-0.39, 0.29) is 17.6 Å². The van der Waals surface area contributed by atoms with Crippen LogP contribution in [-0.4, -0.2) is 53.2 Å². The Balaban J connectivity index is 1.77. The van der Waals surface area contributed by atoms with Gasteiger partial charge in [0.2, 0.25) is 0 Å². The first-order valence-corrected chi connectivity index (χ1v) is 9.74. The summed E-state index contributed by atoms with van der Waals surface area (Å²) in [6.45, 7) is 2.12. The summed E-state index contributed by atoms with van der Waals surface area (Å²) in [5.41, 5.74) is 1.57. The average molecular weight is 396 g/mol. The van der Waals surface area contributed by atoms with Gasteiger partial charge < -0.3 is 19.4 Å². The van der Waals surface area contributed by atoms with Gasteiger partial charge in [-0.2, -0.15) is 9.78 Å². The molecule has 1 N–H and O–H groups in total. The van der Waals surface area contributed by atoms with Gasteiger partial charge in [-0.3, -0.25) is 9.59 Å². The zero-order valence-electron chi connectivity index (χ0n) is 16.3. The van der Waals surface area contributed by atoms with Crippen LogP contribution in [0.1, 0.15) is 23.2 Å². The van der Waals surface area contributed by atoms with Crippen molar-refractivity contribution in [2.24, 2.45) is 0 Å². The Morgan fingerprint density at radius 1 is 1.31 bits per heavy atom. The number of hydrogen-bond donors (Lipinski definition) is 1. The number of nitrogens with one attached hydrogen (secondary N) is 1. The van der Waals surface area contributed by atoms with E-state index in [2.05, 4.69) is 10.4 Å². The quantitative estimate of drug-likeness (QED) is 0.614. The van der Waals surface area contributed by atoms with Gasteiger partial charge in [-0.15, -0.1) is 0 Å². The molecule has 1 saturated heterocycles. The number of nitrogens with zero attached hydrogens (tertiary/aromatic N) is 3. The monoisotopic (exact) mass is 396 g/mol. The Morgan fingerprint density at radius 2 is 2.14 bits per heavy atom. The van der Waals surface area contributed by atoms with Crippen LogP contribution in [0.25, 0.3) is 16.9 Å². The molecule has 3 heterocycles. The molecule has 0 spiro atoms. The highest BCUT2D eigenvalue weighted by Gasteiger charge is 2.25. The van der Waals surface area contributed by atoms with Crippen LogP contribution in [0, 0.1) is 0 Å². The molecule has 8 nitrogen and oxygen atoms in total. The predicted octanol–water partition coefficient (Wildman–Crippen LogP) is 1.69. The minimum Gasteiger partial charge on any atom is -0.383 e. The number of aromatic nitrogens is 3. The maximum Gasteiger partial charge on any atom is 0.282 e. The van der Waals surface area contributed by atoms with Crippen molar-refractivity contribution in [3.05, 3.63) is 58.6 Å². The summed E-state index contributed by atoms with van der Waals surface area (Å²) in [5, 5.41) is 7.29. The summed E-state index contributed by atoms with van der Waals surface area (Å²) in [6.07, 6.45) is 5.58. The van der Waals surface area contributed by atoms with Crippen molar-refractivity contribution in [1.82, 2.24) is 19.7 Å². The van der Waals surface area contributed by atoms with E-state index in [1.165, 1.54) is 4.68 Å². The van der Waals surface area contributed by atoms with Crippen LogP contribution < -0.4 is 10.9 Å². The second kappa shape index (κ2) is 8.59. The predicted molar refractivity (Wildman–Crippen MR) is 108 cm³/mol. The van der Waals surface area contributed by atoms with Crippen LogP contribution >= 0.6 is 0 Å². The standard InChI is InChI=1S/C21H24N4O4/c1-28-11-9-22-20(26)17-13-24(12-16-8-5-10-29-16)14-18-19(17)23-25(21(18)27)15-6-3-2-4-7-15/h2-4,6-7,13-14,16H,5,8-12H2,1H3,(H,22,26)/t16-/m1/s1. The number of amides is 1. The smallest absolute Gasteiger partial charge is 0.282 e. The molecule has 0 unspecified atom stereocenters. The Morgan fingerprint density at radius 3 is 2.86 bits per heavy atom. The normalized spacial score (nSPS) is 16.4. The molecule has 152 valence electrons. The number of carbonyl (C=O) groups is 1. The van der Waals surface area contributed by atoms with Crippen LogP contribution in [0.5, 0.6) is 0 Å². The summed E-state index contributed by atoms with van der Waals surface area (Å²) >= 11 is 0. The maximum absolute atomic E-state index is 13.1. The highest BCUT2D eigenvalue weighted by atomic mass is 16.5. The SMILES string of the molecule is COCCNC(=O)c1cn(C[C@H]2CCCO2)cc2c(=O)n(-c3ccccc3)nc1-2.